The lowest BCUT2D eigenvalue weighted by atomic mass is 10.0. The molecule has 0 spiro atoms. The van der Waals surface area contributed by atoms with Crippen molar-refractivity contribution in [3.8, 4) is 0 Å². The fourth-order valence-corrected chi connectivity index (χ4v) is 2.08. The van der Waals surface area contributed by atoms with Crippen molar-refractivity contribution in [2.75, 3.05) is 0 Å². The lowest BCUT2D eigenvalue weighted by molar-refractivity contribution is 0.813. The number of pyridine rings is 1. The number of benzene rings is 1. The highest BCUT2D eigenvalue weighted by Gasteiger charge is 2.13. The molecule has 3 aromatic rings. The van der Waals surface area contributed by atoms with Crippen molar-refractivity contribution < 1.29 is 0 Å². The van der Waals surface area contributed by atoms with E-state index in [9.17, 15) is 0 Å². The van der Waals surface area contributed by atoms with Crippen LogP contribution in [0.25, 0.3) is 11.0 Å². The Morgan fingerprint density at radius 1 is 1.05 bits per heavy atom. The standard InChI is InChI=1S/C15H14N4/c1-10-6-7-17-8-11(10)15(16)14-9-18-12-4-2-3-5-13(12)19-14/h2-9,15H,16H2,1H3. The van der Waals surface area contributed by atoms with Crippen molar-refractivity contribution in [3.63, 3.8) is 0 Å². The molecule has 0 saturated carbocycles. The molecule has 0 aliphatic rings. The molecule has 0 aliphatic carbocycles. The minimum absolute atomic E-state index is 0.300. The predicted molar refractivity (Wildman–Crippen MR) is 74.5 cm³/mol. The third-order valence-corrected chi connectivity index (χ3v) is 3.20. The summed E-state index contributed by atoms with van der Waals surface area (Å²) in [5, 5.41) is 0. The number of nitrogens with two attached hydrogens (primary N) is 1. The summed E-state index contributed by atoms with van der Waals surface area (Å²) in [7, 11) is 0. The topological polar surface area (TPSA) is 64.7 Å². The first-order valence-electron chi connectivity index (χ1n) is 6.13. The molecule has 0 fully saturated rings. The van der Waals surface area contributed by atoms with Gasteiger partial charge in [-0.1, -0.05) is 12.1 Å². The zero-order valence-electron chi connectivity index (χ0n) is 10.6. The molecule has 0 radical (unpaired) electrons. The summed E-state index contributed by atoms with van der Waals surface area (Å²) in [6, 6.07) is 9.42. The maximum absolute atomic E-state index is 6.27. The van der Waals surface area contributed by atoms with Crippen LogP contribution >= 0.6 is 0 Å². The highest BCUT2D eigenvalue weighted by atomic mass is 14.8. The van der Waals surface area contributed by atoms with Crippen molar-refractivity contribution in [1.82, 2.24) is 15.0 Å². The first-order valence-corrected chi connectivity index (χ1v) is 6.13. The maximum atomic E-state index is 6.27. The van der Waals surface area contributed by atoms with Crippen LogP contribution < -0.4 is 5.73 Å². The Balaban J connectivity index is 2.07. The molecule has 0 amide bonds. The Morgan fingerprint density at radius 2 is 1.84 bits per heavy atom. The van der Waals surface area contributed by atoms with Gasteiger partial charge in [0.05, 0.1) is 29.0 Å². The Morgan fingerprint density at radius 3 is 2.63 bits per heavy atom. The lowest BCUT2D eigenvalue weighted by Gasteiger charge is -2.13. The van der Waals surface area contributed by atoms with Gasteiger partial charge in [-0.2, -0.15) is 0 Å². The summed E-state index contributed by atoms with van der Waals surface area (Å²) in [5.74, 6) is 0. The van der Waals surface area contributed by atoms with E-state index in [1.807, 2.05) is 37.3 Å². The van der Waals surface area contributed by atoms with Crippen LogP contribution in [0.3, 0.4) is 0 Å². The zero-order chi connectivity index (χ0) is 13.2. The quantitative estimate of drug-likeness (QED) is 0.758. The second-order valence-electron chi connectivity index (χ2n) is 4.49. The number of para-hydroxylation sites is 2. The van der Waals surface area contributed by atoms with Crippen molar-refractivity contribution in [2.45, 2.75) is 13.0 Å². The highest BCUT2D eigenvalue weighted by molar-refractivity contribution is 5.73. The van der Waals surface area contributed by atoms with Crippen LogP contribution in [0.4, 0.5) is 0 Å². The number of fused-ring (bicyclic) bond motifs is 1. The summed E-state index contributed by atoms with van der Waals surface area (Å²) < 4.78 is 0. The Hall–Kier alpha value is -2.33. The summed E-state index contributed by atoms with van der Waals surface area (Å²) in [6.45, 7) is 2.02. The number of hydrogen-bond acceptors (Lipinski definition) is 4. The maximum Gasteiger partial charge on any atom is 0.0890 e. The van der Waals surface area contributed by atoms with Gasteiger partial charge in [0.15, 0.2) is 0 Å². The molecule has 4 nitrogen and oxygen atoms in total. The number of aromatic nitrogens is 3. The first-order chi connectivity index (χ1) is 9.25. The lowest BCUT2D eigenvalue weighted by Crippen LogP contribution is -2.15. The van der Waals surface area contributed by atoms with Gasteiger partial charge in [0.25, 0.3) is 0 Å². The fourth-order valence-electron chi connectivity index (χ4n) is 2.08. The minimum Gasteiger partial charge on any atom is -0.319 e. The molecule has 3 rings (SSSR count). The first kappa shape index (κ1) is 11.7. The van der Waals surface area contributed by atoms with Crippen LogP contribution in [0.5, 0.6) is 0 Å². The van der Waals surface area contributed by atoms with E-state index < -0.39 is 0 Å². The SMILES string of the molecule is Cc1ccncc1C(N)c1cnc2ccccc2n1. The molecule has 2 N–H and O–H groups in total. The van der Waals surface area contributed by atoms with Gasteiger partial charge >= 0.3 is 0 Å². The molecule has 1 aromatic carbocycles. The smallest absolute Gasteiger partial charge is 0.0890 e. The third kappa shape index (κ3) is 2.18. The fraction of sp³-hybridized carbons (Fsp3) is 0.133. The second kappa shape index (κ2) is 4.74. The van der Waals surface area contributed by atoms with Gasteiger partial charge in [-0.3, -0.25) is 9.97 Å². The van der Waals surface area contributed by atoms with E-state index >= 15 is 0 Å². The number of aryl methyl sites for hydroxylation is 1. The Labute approximate surface area is 111 Å². The van der Waals surface area contributed by atoms with Crippen LogP contribution in [0, 0.1) is 6.92 Å². The highest BCUT2D eigenvalue weighted by Crippen LogP contribution is 2.21. The van der Waals surface area contributed by atoms with E-state index in [0.717, 1.165) is 27.9 Å². The van der Waals surface area contributed by atoms with Crippen LogP contribution in [0.15, 0.2) is 48.9 Å². The van der Waals surface area contributed by atoms with Gasteiger partial charge in [0.1, 0.15) is 0 Å². The molecular formula is C15H14N4. The van der Waals surface area contributed by atoms with E-state index in [1.165, 1.54) is 0 Å². The number of rotatable bonds is 2. The molecule has 0 bridgehead atoms. The van der Waals surface area contributed by atoms with E-state index in [-0.39, 0.29) is 6.04 Å². The van der Waals surface area contributed by atoms with E-state index in [2.05, 4.69) is 15.0 Å². The van der Waals surface area contributed by atoms with E-state index in [0.29, 0.717) is 0 Å². The van der Waals surface area contributed by atoms with Gasteiger partial charge in [-0.15, -0.1) is 0 Å². The molecule has 94 valence electrons. The summed E-state index contributed by atoms with van der Waals surface area (Å²) in [5.41, 5.74) is 10.8. The largest absolute Gasteiger partial charge is 0.319 e. The predicted octanol–water partition coefficient (Wildman–Crippen LogP) is 2.38. The van der Waals surface area contributed by atoms with E-state index in [4.69, 9.17) is 5.73 Å². The number of hydrogen-bond donors (Lipinski definition) is 1. The van der Waals surface area contributed by atoms with Crippen molar-refractivity contribution in [3.05, 3.63) is 65.7 Å². The van der Waals surface area contributed by atoms with Crippen molar-refractivity contribution in [1.29, 1.82) is 0 Å². The third-order valence-electron chi connectivity index (χ3n) is 3.20. The normalized spacial score (nSPS) is 12.5. The van der Waals surface area contributed by atoms with Crippen molar-refractivity contribution in [2.24, 2.45) is 5.73 Å². The van der Waals surface area contributed by atoms with Crippen molar-refractivity contribution >= 4 is 11.0 Å². The Bertz CT molecular complexity index is 724. The summed E-state index contributed by atoms with van der Waals surface area (Å²) in [4.78, 5) is 13.1. The molecule has 1 unspecified atom stereocenters. The van der Waals surface area contributed by atoms with Gasteiger partial charge in [-0.05, 0) is 36.2 Å². The van der Waals surface area contributed by atoms with Crippen LogP contribution in [-0.2, 0) is 0 Å². The van der Waals surface area contributed by atoms with Crippen LogP contribution in [0.2, 0.25) is 0 Å². The second-order valence-corrected chi connectivity index (χ2v) is 4.49. The van der Waals surface area contributed by atoms with E-state index in [1.54, 1.807) is 18.6 Å². The van der Waals surface area contributed by atoms with Gasteiger partial charge in [-0.25, -0.2) is 4.98 Å². The van der Waals surface area contributed by atoms with Crippen LogP contribution in [0.1, 0.15) is 22.9 Å². The number of nitrogens with zero attached hydrogens (tertiary/aromatic N) is 3. The minimum atomic E-state index is -0.300. The molecular weight excluding hydrogens is 236 g/mol. The monoisotopic (exact) mass is 250 g/mol. The molecule has 19 heavy (non-hydrogen) atoms. The summed E-state index contributed by atoms with van der Waals surface area (Å²) >= 11 is 0. The van der Waals surface area contributed by atoms with Gasteiger partial charge < -0.3 is 5.73 Å². The average molecular weight is 250 g/mol. The Kier molecular flexibility index (Phi) is 2.93. The molecule has 0 saturated heterocycles. The van der Waals surface area contributed by atoms with Gasteiger partial charge in [0.2, 0.25) is 0 Å². The molecule has 2 aromatic heterocycles. The zero-order valence-corrected chi connectivity index (χ0v) is 10.6. The average Bonchev–Trinajstić information content (AvgIpc) is 2.46. The van der Waals surface area contributed by atoms with Gasteiger partial charge in [0, 0.05) is 12.4 Å². The molecule has 4 heteroatoms. The summed E-state index contributed by atoms with van der Waals surface area (Å²) in [6.07, 6.45) is 5.29. The molecule has 0 aliphatic heterocycles. The van der Waals surface area contributed by atoms with Crippen LogP contribution in [-0.4, -0.2) is 15.0 Å². The molecule has 1 atom stereocenters. The molecule has 2 heterocycles.